The zero-order chi connectivity index (χ0) is 18.9. The summed E-state index contributed by atoms with van der Waals surface area (Å²) in [6.45, 7) is 3.82. The molecule has 1 unspecified atom stereocenters. The molecule has 0 spiro atoms. The molecule has 0 aliphatic carbocycles. The van der Waals surface area contributed by atoms with E-state index >= 15 is 0 Å². The number of nitrogens with one attached hydrogen (secondary N) is 2. The summed E-state index contributed by atoms with van der Waals surface area (Å²) in [6.07, 6.45) is 1.30. The van der Waals surface area contributed by atoms with E-state index < -0.39 is 0 Å². The highest BCUT2D eigenvalue weighted by Crippen LogP contribution is 2.27. The number of hydrogen-bond acceptors (Lipinski definition) is 4. The van der Waals surface area contributed by atoms with Crippen LogP contribution in [-0.4, -0.2) is 24.2 Å². The Labute approximate surface area is 158 Å². The number of amides is 2. The number of ether oxygens (including phenoxy) is 1. The van der Waals surface area contributed by atoms with Crippen molar-refractivity contribution in [2.75, 3.05) is 17.7 Å². The molecule has 0 radical (unpaired) electrons. The van der Waals surface area contributed by atoms with Crippen LogP contribution in [0.3, 0.4) is 0 Å². The Hall–Kier alpha value is -2.47. The van der Waals surface area contributed by atoms with E-state index in [0.717, 1.165) is 17.0 Å². The standard InChI is InChI=1S/C20H24N2O3S/c1-4-7-19(23)21-16-9-6-11-18(13-16)26-14(2)20(24)22-15-8-5-10-17(12-15)25-3/h5-6,8-14H,4,7H2,1-3H3,(H,21,23)(H,22,24). The van der Waals surface area contributed by atoms with Crippen molar-refractivity contribution in [3.8, 4) is 5.75 Å². The molecule has 0 aliphatic rings. The number of hydrogen-bond donors (Lipinski definition) is 2. The van der Waals surface area contributed by atoms with E-state index in [4.69, 9.17) is 4.74 Å². The molecule has 2 aromatic rings. The Bertz CT molecular complexity index is 764. The molecule has 0 heterocycles. The highest BCUT2D eigenvalue weighted by Gasteiger charge is 2.15. The van der Waals surface area contributed by atoms with Crippen molar-refractivity contribution in [1.82, 2.24) is 0 Å². The van der Waals surface area contributed by atoms with Gasteiger partial charge in [0.15, 0.2) is 0 Å². The fourth-order valence-electron chi connectivity index (χ4n) is 2.30. The van der Waals surface area contributed by atoms with E-state index in [1.165, 1.54) is 11.8 Å². The molecule has 138 valence electrons. The Morgan fingerprint density at radius 2 is 1.77 bits per heavy atom. The number of methoxy groups -OCH3 is 1. The maximum atomic E-state index is 12.4. The Kier molecular flexibility index (Phi) is 7.53. The van der Waals surface area contributed by atoms with Crippen molar-refractivity contribution in [2.45, 2.75) is 36.8 Å². The van der Waals surface area contributed by atoms with E-state index in [1.807, 2.05) is 56.3 Å². The highest BCUT2D eigenvalue weighted by molar-refractivity contribution is 8.00. The SMILES string of the molecule is CCCC(=O)Nc1cccc(SC(C)C(=O)Nc2cccc(OC)c2)c1. The van der Waals surface area contributed by atoms with Gasteiger partial charge in [0.25, 0.3) is 0 Å². The lowest BCUT2D eigenvalue weighted by Gasteiger charge is -2.13. The molecule has 0 aliphatic heterocycles. The second-order valence-electron chi connectivity index (χ2n) is 5.81. The number of carbonyl (C=O) groups excluding carboxylic acids is 2. The first kappa shape index (κ1) is 19.8. The molecule has 0 aromatic heterocycles. The Morgan fingerprint density at radius 3 is 2.46 bits per heavy atom. The van der Waals surface area contributed by atoms with Gasteiger partial charge < -0.3 is 15.4 Å². The smallest absolute Gasteiger partial charge is 0.237 e. The average molecular weight is 372 g/mol. The molecule has 2 aromatic carbocycles. The monoisotopic (exact) mass is 372 g/mol. The van der Waals surface area contributed by atoms with Crippen molar-refractivity contribution in [3.63, 3.8) is 0 Å². The maximum Gasteiger partial charge on any atom is 0.237 e. The lowest BCUT2D eigenvalue weighted by molar-refractivity contribution is -0.116. The van der Waals surface area contributed by atoms with Crippen LogP contribution < -0.4 is 15.4 Å². The molecule has 0 bridgehead atoms. The molecule has 26 heavy (non-hydrogen) atoms. The minimum atomic E-state index is -0.289. The predicted octanol–water partition coefficient (Wildman–Crippen LogP) is 4.55. The van der Waals surface area contributed by atoms with Gasteiger partial charge in [0, 0.05) is 28.8 Å². The third kappa shape index (κ3) is 6.11. The van der Waals surface area contributed by atoms with E-state index in [-0.39, 0.29) is 17.1 Å². The summed E-state index contributed by atoms with van der Waals surface area (Å²) in [5.74, 6) is 0.598. The molecule has 0 fully saturated rings. The fraction of sp³-hybridized carbons (Fsp3) is 0.300. The first-order valence-corrected chi connectivity index (χ1v) is 9.41. The highest BCUT2D eigenvalue weighted by atomic mass is 32.2. The summed E-state index contributed by atoms with van der Waals surface area (Å²) in [7, 11) is 1.59. The summed E-state index contributed by atoms with van der Waals surface area (Å²) in [5, 5.41) is 5.47. The van der Waals surface area contributed by atoms with Crippen molar-refractivity contribution in [3.05, 3.63) is 48.5 Å². The normalized spacial score (nSPS) is 11.5. The fourth-order valence-corrected chi connectivity index (χ4v) is 3.23. The first-order valence-electron chi connectivity index (χ1n) is 8.53. The van der Waals surface area contributed by atoms with Gasteiger partial charge in [-0.2, -0.15) is 0 Å². The molecule has 2 amide bonds. The molecular formula is C20H24N2O3S. The topological polar surface area (TPSA) is 67.4 Å². The third-order valence-corrected chi connectivity index (χ3v) is 4.71. The van der Waals surface area contributed by atoms with Crippen LogP contribution in [0.5, 0.6) is 5.75 Å². The average Bonchev–Trinajstić information content (AvgIpc) is 2.62. The lowest BCUT2D eigenvalue weighted by Crippen LogP contribution is -2.22. The minimum Gasteiger partial charge on any atom is -0.497 e. The zero-order valence-electron chi connectivity index (χ0n) is 15.2. The van der Waals surface area contributed by atoms with Gasteiger partial charge in [0.1, 0.15) is 5.75 Å². The first-order chi connectivity index (χ1) is 12.5. The largest absolute Gasteiger partial charge is 0.497 e. The van der Waals surface area contributed by atoms with Crippen LogP contribution in [0.2, 0.25) is 0 Å². The quantitative estimate of drug-likeness (QED) is 0.667. The van der Waals surface area contributed by atoms with Crippen molar-refractivity contribution < 1.29 is 14.3 Å². The van der Waals surface area contributed by atoms with E-state index in [0.29, 0.717) is 17.9 Å². The van der Waals surface area contributed by atoms with Crippen LogP contribution in [0.25, 0.3) is 0 Å². The second-order valence-corrected chi connectivity index (χ2v) is 7.22. The van der Waals surface area contributed by atoms with E-state index in [1.54, 1.807) is 13.2 Å². The second kappa shape index (κ2) is 9.87. The van der Waals surface area contributed by atoms with Crippen LogP contribution in [0.1, 0.15) is 26.7 Å². The molecule has 0 saturated carbocycles. The van der Waals surface area contributed by atoms with Gasteiger partial charge in [-0.05, 0) is 43.7 Å². The number of thioether (sulfide) groups is 1. The van der Waals surface area contributed by atoms with Crippen molar-refractivity contribution in [2.24, 2.45) is 0 Å². The molecule has 0 saturated heterocycles. The van der Waals surface area contributed by atoms with Crippen LogP contribution in [0, 0.1) is 0 Å². The number of anilines is 2. The number of carbonyl (C=O) groups is 2. The summed E-state index contributed by atoms with van der Waals surface area (Å²) in [6, 6.07) is 14.8. The molecule has 6 heteroatoms. The lowest BCUT2D eigenvalue weighted by atomic mass is 10.3. The van der Waals surface area contributed by atoms with Gasteiger partial charge in [-0.15, -0.1) is 11.8 Å². The third-order valence-electron chi connectivity index (χ3n) is 3.61. The summed E-state index contributed by atoms with van der Waals surface area (Å²) >= 11 is 1.44. The summed E-state index contributed by atoms with van der Waals surface area (Å²) < 4.78 is 5.16. The molecule has 2 rings (SSSR count). The molecular weight excluding hydrogens is 348 g/mol. The zero-order valence-corrected chi connectivity index (χ0v) is 16.1. The summed E-state index contributed by atoms with van der Waals surface area (Å²) in [4.78, 5) is 25.1. The van der Waals surface area contributed by atoms with E-state index in [9.17, 15) is 9.59 Å². The molecule has 5 nitrogen and oxygen atoms in total. The van der Waals surface area contributed by atoms with Gasteiger partial charge in [-0.1, -0.05) is 19.1 Å². The Morgan fingerprint density at radius 1 is 1.08 bits per heavy atom. The van der Waals surface area contributed by atoms with Crippen LogP contribution >= 0.6 is 11.8 Å². The summed E-state index contributed by atoms with van der Waals surface area (Å²) in [5.41, 5.74) is 1.44. The van der Waals surface area contributed by atoms with Crippen LogP contribution in [0.15, 0.2) is 53.4 Å². The van der Waals surface area contributed by atoms with Gasteiger partial charge in [-0.3, -0.25) is 9.59 Å². The van der Waals surface area contributed by atoms with Crippen LogP contribution in [-0.2, 0) is 9.59 Å². The molecule has 2 N–H and O–H groups in total. The minimum absolute atomic E-state index is 0.00142. The number of benzene rings is 2. The Balaban J connectivity index is 1.96. The van der Waals surface area contributed by atoms with Crippen molar-refractivity contribution in [1.29, 1.82) is 0 Å². The predicted molar refractivity (Wildman–Crippen MR) is 107 cm³/mol. The number of rotatable bonds is 8. The van der Waals surface area contributed by atoms with Gasteiger partial charge in [0.2, 0.25) is 11.8 Å². The van der Waals surface area contributed by atoms with Gasteiger partial charge in [0.05, 0.1) is 12.4 Å². The maximum absolute atomic E-state index is 12.4. The van der Waals surface area contributed by atoms with Crippen molar-refractivity contribution >= 4 is 35.0 Å². The van der Waals surface area contributed by atoms with E-state index in [2.05, 4.69) is 10.6 Å². The van der Waals surface area contributed by atoms with Gasteiger partial charge >= 0.3 is 0 Å². The molecule has 1 atom stereocenters. The van der Waals surface area contributed by atoms with Gasteiger partial charge in [-0.25, -0.2) is 0 Å². The van der Waals surface area contributed by atoms with Crippen LogP contribution in [0.4, 0.5) is 11.4 Å².